The number of anilines is 3. The lowest BCUT2D eigenvalue weighted by molar-refractivity contribution is 0.671. The number of nitrogen functional groups attached to an aromatic ring is 1. The standard InChI is InChI=1S/C28H28N2O/c1-16(2)20-10-7-11-21(17(3)4)26(20)30-27-24(29)13-12-22-23-14-18-8-5-6-9-19(18)15-25(23)31-28(22)27/h5-17,30H,29H2,1-4H3. The van der Waals surface area contributed by atoms with Crippen molar-refractivity contribution in [3.8, 4) is 0 Å². The Hall–Kier alpha value is -3.46. The summed E-state index contributed by atoms with van der Waals surface area (Å²) in [7, 11) is 0. The van der Waals surface area contributed by atoms with Crippen LogP contribution < -0.4 is 11.1 Å². The average molecular weight is 409 g/mol. The third-order valence-electron chi connectivity index (χ3n) is 6.16. The summed E-state index contributed by atoms with van der Waals surface area (Å²) in [6, 6.07) is 23.3. The smallest absolute Gasteiger partial charge is 0.160 e. The van der Waals surface area contributed by atoms with Gasteiger partial charge in [0.05, 0.1) is 5.69 Å². The normalized spacial score (nSPS) is 11.9. The molecule has 0 amide bonds. The van der Waals surface area contributed by atoms with Crippen molar-refractivity contribution in [2.24, 2.45) is 0 Å². The van der Waals surface area contributed by atoms with Gasteiger partial charge in [0.25, 0.3) is 0 Å². The Bertz CT molecular complexity index is 1400. The molecule has 3 heteroatoms. The molecule has 0 aliphatic rings. The molecule has 5 aromatic rings. The quantitative estimate of drug-likeness (QED) is 0.294. The van der Waals surface area contributed by atoms with Gasteiger partial charge in [-0.25, -0.2) is 0 Å². The van der Waals surface area contributed by atoms with Crippen molar-refractivity contribution in [1.29, 1.82) is 0 Å². The Morgan fingerprint density at radius 2 is 1.35 bits per heavy atom. The number of furan rings is 1. The Labute approximate surface area is 182 Å². The van der Waals surface area contributed by atoms with Gasteiger partial charge in [0.2, 0.25) is 0 Å². The molecule has 1 heterocycles. The van der Waals surface area contributed by atoms with Crippen molar-refractivity contribution in [2.75, 3.05) is 11.1 Å². The van der Waals surface area contributed by atoms with Gasteiger partial charge < -0.3 is 15.5 Å². The lowest BCUT2D eigenvalue weighted by Gasteiger charge is -2.21. The monoisotopic (exact) mass is 408 g/mol. The van der Waals surface area contributed by atoms with Gasteiger partial charge in [-0.3, -0.25) is 0 Å². The molecular weight excluding hydrogens is 380 g/mol. The van der Waals surface area contributed by atoms with Crippen molar-refractivity contribution in [3.63, 3.8) is 0 Å². The first-order valence-electron chi connectivity index (χ1n) is 11.0. The van der Waals surface area contributed by atoms with Crippen molar-refractivity contribution in [2.45, 2.75) is 39.5 Å². The zero-order chi connectivity index (χ0) is 21.7. The molecular formula is C28H28N2O. The predicted octanol–water partition coefficient (Wildman–Crippen LogP) is 8.31. The SMILES string of the molecule is CC(C)c1cccc(C(C)C)c1Nc1c(N)ccc2c1oc1cc3ccccc3cc12. The van der Waals surface area contributed by atoms with E-state index in [0.717, 1.165) is 33.3 Å². The first-order valence-corrected chi connectivity index (χ1v) is 11.0. The highest BCUT2D eigenvalue weighted by Crippen LogP contribution is 2.42. The highest BCUT2D eigenvalue weighted by molar-refractivity contribution is 6.14. The first kappa shape index (κ1) is 19.5. The van der Waals surface area contributed by atoms with Crippen LogP contribution >= 0.6 is 0 Å². The number of nitrogens with two attached hydrogens (primary N) is 1. The van der Waals surface area contributed by atoms with E-state index in [1.165, 1.54) is 21.9 Å². The summed E-state index contributed by atoms with van der Waals surface area (Å²) in [5, 5.41) is 8.26. The van der Waals surface area contributed by atoms with Crippen LogP contribution in [0, 0.1) is 0 Å². The number of fused-ring (bicyclic) bond motifs is 4. The highest BCUT2D eigenvalue weighted by Gasteiger charge is 2.19. The molecule has 1 aromatic heterocycles. The molecule has 3 N–H and O–H groups in total. The second kappa shape index (κ2) is 7.35. The average Bonchev–Trinajstić information content (AvgIpc) is 3.11. The summed E-state index contributed by atoms with van der Waals surface area (Å²) in [4.78, 5) is 0. The molecule has 156 valence electrons. The Kier molecular flexibility index (Phi) is 4.62. The zero-order valence-electron chi connectivity index (χ0n) is 18.5. The maximum Gasteiger partial charge on any atom is 0.160 e. The van der Waals surface area contributed by atoms with Crippen LogP contribution in [0.3, 0.4) is 0 Å². The molecule has 4 aromatic carbocycles. The third kappa shape index (κ3) is 3.21. The third-order valence-corrected chi connectivity index (χ3v) is 6.16. The van der Waals surface area contributed by atoms with Crippen LogP contribution in [0.1, 0.15) is 50.7 Å². The Morgan fingerprint density at radius 1 is 0.710 bits per heavy atom. The largest absolute Gasteiger partial charge is 0.454 e. The molecule has 0 aliphatic heterocycles. The number of nitrogens with one attached hydrogen (secondary N) is 1. The molecule has 0 unspecified atom stereocenters. The minimum absolute atomic E-state index is 0.391. The molecule has 0 atom stereocenters. The summed E-state index contributed by atoms with van der Waals surface area (Å²) >= 11 is 0. The fraction of sp³-hybridized carbons (Fsp3) is 0.214. The van der Waals surface area contributed by atoms with E-state index in [4.69, 9.17) is 10.2 Å². The summed E-state index contributed by atoms with van der Waals surface area (Å²) in [5.41, 5.74) is 13.4. The molecule has 31 heavy (non-hydrogen) atoms. The van der Waals surface area contributed by atoms with E-state index >= 15 is 0 Å². The molecule has 0 aliphatic carbocycles. The topological polar surface area (TPSA) is 51.2 Å². The molecule has 0 saturated heterocycles. The lowest BCUT2D eigenvalue weighted by atomic mass is 9.92. The number of rotatable bonds is 4. The number of hydrogen-bond acceptors (Lipinski definition) is 3. The number of benzene rings is 4. The predicted molar refractivity (Wildman–Crippen MR) is 134 cm³/mol. The van der Waals surface area contributed by atoms with Crippen LogP contribution in [-0.2, 0) is 0 Å². The maximum absolute atomic E-state index is 6.49. The van der Waals surface area contributed by atoms with Gasteiger partial charge in [-0.15, -0.1) is 0 Å². The number of hydrogen-bond donors (Lipinski definition) is 2. The maximum atomic E-state index is 6.49. The molecule has 0 radical (unpaired) electrons. The van der Waals surface area contributed by atoms with Gasteiger partial charge in [0.1, 0.15) is 11.3 Å². The van der Waals surface area contributed by atoms with Crippen molar-refractivity contribution in [3.05, 3.63) is 77.9 Å². The number of para-hydroxylation sites is 1. The van der Waals surface area contributed by atoms with Crippen molar-refractivity contribution in [1.82, 2.24) is 0 Å². The van der Waals surface area contributed by atoms with Crippen LogP contribution in [0.5, 0.6) is 0 Å². The molecule has 0 saturated carbocycles. The van der Waals surface area contributed by atoms with Crippen LogP contribution in [-0.4, -0.2) is 0 Å². The zero-order valence-corrected chi connectivity index (χ0v) is 18.5. The summed E-state index contributed by atoms with van der Waals surface area (Å²) in [6.07, 6.45) is 0. The van der Waals surface area contributed by atoms with E-state index in [2.05, 4.69) is 93.7 Å². The lowest BCUT2D eigenvalue weighted by Crippen LogP contribution is -2.05. The Morgan fingerprint density at radius 3 is 2.00 bits per heavy atom. The molecule has 3 nitrogen and oxygen atoms in total. The van der Waals surface area contributed by atoms with Gasteiger partial charge in [-0.2, -0.15) is 0 Å². The minimum atomic E-state index is 0.391. The second-order valence-corrected chi connectivity index (χ2v) is 8.95. The van der Waals surface area contributed by atoms with Crippen LogP contribution in [0.2, 0.25) is 0 Å². The fourth-order valence-electron chi connectivity index (χ4n) is 4.49. The van der Waals surface area contributed by atoms with Crippen LogP contribution in [0.4, 0.5) is 17.1 Å². The second-order valence-electron chi connectivity index (χ2n) is 8.95. The van der Waals surface area contributed by atoms with Crippen LogP contribution in [0.15, 0.2) is 71.1 Å². The summed E-state index contributed by atoms with van der Waals surface area (Å²) < 4.78 is 6.40. The van der Waals surface area contributed by atoms with Crippen LogP contribution in [0.25, 0.3) is 32.7 Å². The van der Waals surface area contributed by atoms with E-state index in [-0.39, 0.29) is 0 Å². The first-order chi connectivity index (χ1) is 14.9. The van der Waals surface area contributed by atoms with E-state index in [9.17, 15) is 0 Å². The van der Waals surface area contributed by atoms with E-state index in [1.807, 2.05) is 6.07 Å². The van der Waals surface area contributed by atoms with Crippen molar-refractivity contribution < 1.29 is 4.42 Å². The molecule has 0 spiro atoms. The highest BCUT2D eigenvalue weighted by atomic mass is 16.3. The van der Waals surface area contributed by atoms with Gasteiger partial charge in [-0.1, -0.05) is 70.2 Å². The van der Waals surface area contributed by atoms with E-state index in [0.29, 0.717) is 17.5 Å². The Balaban J connectivity index is 1.76. The molecule has 0 bridgehead atoms. The van der Waals surface area contributed by atoms with E-state index in [1.54, 1.807) is 0 Å². The molecule has 5 rings (SSSR count). The van der Waals surface area contributed by atoms with E-state index < -0.39 is 0 Å². The van der Waals surface area contributed by atoms with Gasteiger partial charge in [-0.05, 0) is 58.0 Å². The van der Waals surface area contributed by atoms with Gasteiger partial charge in [0, 0.05) is 16.5 Å². The molecule has 0 fully saturated rings. The van der Waals surface area contributed by atoms with Crippen molar-refractivity contribution >= 4 is 49.8 Å². The summed E-state index contributed by atoms with van der Waals surface area (Å²) in [6.45, 7) is 8.89. The summed E-state index contributed by atoms with van der Waals surface area (Å²) in [5.74, 6) is 0.783. The van der Waals surface area contributed by atoms with Gasteiger partial charge in [0.15, 0.2) is 5.58 Å². The fourth-order valence-corrected chi connectivity index (χ4v) is 4.49. The minimum Gasteiger partial charge on any atom is -0.454 e. The van der Waals surface area contributed by atoms with Gasteiger partial charge >= 0.3 is 0 Å².